The van der Waals surface area contributed by atoms with E-state index in [1.807, 2.05) is 0 Å². The number of likely N-dealkylation sites (tertiary alicyclic amines) is 1. The van der Waals surface area contributed by atoms with Crippen molar-refractivity contribution in [3.05, 3.63) is 33.4 Å². The van der Waals surface area contributed by atoms with E-state index < -0.39 is 4.92 Å². The summed E-state index contributed by atoms with van der Waals surface area (Å²) in [6.45, 7) is 1.08. The Bertz CT molecular complexity index is 645. The third kappa shape index (κ3) is 1.75. The molecule has 0 aromatic heterocycles. The quantitative estimate of drug-likeness (QED) is 0.639. The lowest BCUT2D eigenvalue weighted by molar-refractivity contribution is -0.386. The highest BCUT2D eigenvalue weighted by molar-refractivity contribution is 5.55. The number of phenols is 1. The Labute approximate surface area is 130 Å². The first-order valence-corrected chi connectivity index (χ1v) is 8.24. The van der Waals surface area contributed by atoms with Gasteiger partial charge < -0.3 is 10.0 Å². The number of aromatic hydroxyl groups is 1. The van der Waals surface area contributed by atoms with Crippen molar-refractivity contribution in [1.29, 1.82) is 0 Å². The molecule has 1 saturated carbocycles. The van der Waals surface area contributed by atoms with E-state index in [1.165, 1.54) is 24.8 Å². The van der Waals surface area contributed by atoms with Gasteiger partial charge in [-0.1, -0.05) is 12.8 Å². The second-order valence-corrected chi connectivity index (χ2v) is 7.27. The summed E-state index contributed by atoms with van der Waals surface area (Å²) in [5, 5.41) is 21.3. The monoisotopic (exact) mass is 302 g/mol. The number of hydrogen-bond acceptors (Lipinski definition) is 4. The molecule has 1 aromatic carbocycles. The number of phenolic OH excluding ortho intramolecular Hbond substituents is 1. The third-order valence-electron chi connectivity index (χ3n) is 6.40. The molecule has 1 aliphatic heterocycles. The van der Waals surface area contributed by atoms with Crippen molar-refractivity contribution in [3.8, 4) is 5.75 Å². The van der Waals surface area contributed by atoms with Crippen molar-refractivity contribution in [2.45, 2.75) is 50.0 Å². The zero-order chi connectivity index (χ0) is 15.5. The molecule has 2 bridgehead atoms. The van der Waals surface area contributed by atoms with Gasteiger partial charge in [-0.3, -0.25) is 10.1 Å². The van der Waals surface area contributed by atoms with Gasteiger partial charge in [-0.15, -0.1) is 0 Å². The lowest BCUT2D eigenvalue weighted by Crippen LogP contribution is -2.59. The second-order valence-electron chi connectivity index (χ2n) is 7.27. The van der Waals surface area contributed by atoms with Crippen LogP contribution < -0.4 is 0 Å². The van der Waals surface area contributed by atoms with Gasteiger partial charge in [0.1, 0.15) is 0 Å². The van der Waals surface area contributed by atoms with Crippen molar-refractivity contribution in [1.82, 2.24) is 4.90 Å². The van der Waals surface area contributed by atoms with E-state index in [2.05, 4.69) is 11.9 Å². The molecule has 0 radical (unpaired) electrons. The molecule has 22 heavy (non-hydrogen) atoms. The van der Waals surface area contributed by atoms with Crippen LogP contribution in [0.15, 0.2) is 12.1 Å². The summed E-state index contributed by atoms with van der Waals surface area (Å²) in [5.41, 5.74) is 2.27. The first kappa shape index (κ1) is 14.0. The van der Waals surface area contributed by atoms with Crippen LogP contribution in [0.4, 0.5) is 5.69 Å². The average molecular weight is 302 g/mol. The molecule has 5 nitrogen and oxygen atoms in total. The molecule has 2 aliphatic carbocycles. The van der Waals surface area contributed by atoms with Crippen molar-refractivity contribution in [2.75, 3.05) is 13.6 Å². The number of fused-ring (bicyclic) bond motifs is 1. The van der Waals surface area contributed by atoms with Gasteiger partial charge in [0.05, 0.1) is 4.92 Å². The van der Waals surface area contributed by atoms with E-state index in [9.17, 15) is 15.2 Å². The topological polar surface area (TPSA) is 66.6 Å². The third-order valence-corrected chi connectivity index (χ3v) is 6.40. The van der Waals surface area contributed by atoms with Gasteiger partial charge in [-0.05, 0) is 62.4 Å². The number of likely N-dealkylation sites (N-methyl/N-ethyl adjacent to an activating group) is 1. The highest BCUT2D eigenvalue weighted by atomic mass is 16.6. The molecular weight excluding hydrogens is 280 g/mol. The Morgan fingerprint density at radius 2 is 2.18 bits per heavy atom. The summed E-state index contributed by atoms with van der Waals surface area (Å²) in [6.07, 6.45) is 6.89. The SMILES string of the molecule is CN1CC[C@]23CCCC[C@H]2[C@H]1Cc1cc([N+](=O)[O-])c(O)cc13. The van der Waals surface area contributed by atoms with Crippen LogP contribution in [0.5, 0.6) is 5.75 Å². The smallest absolute Gasteiger partial charge is 0.310 e. The van der Waals surface area contributed by atoms with Crippen molar-refractivity contribution in [2.24, 2.45) is 5.92 Å². The molecule has 0 unspecified atom stereocenters. The van der Waals surface area contributed by atoms with Crippen LogP contribution in [0.3, 0.4) is 0 Å². The molecule has 5 heteroatoms. The zero-order valence-electron chi connectivity index (χ0n) is 12.9. The van der Waals surface area contributed by atoms with E-state index in [-0.39, 0.29) is 16.9 Å². The molecule has 3 atom stereocenters. The Kier molecular flexibility index (Phi) is 2.98. The minimum Gasteiger partial charge on any atom is -0.502 e. The molecule has 1 N–H and O–H groups in total. The molecule has 4 rings (SSSR count). The number of benzene rings is 1. The fourth-order valence-corrected chi connectivity index (χ4v) is 5.38. The first-order chi connectivity index (χ1) is 10.5. The van der Waals surface area contributed by atoms with Gasteiger partial charge in [0.2, 0.25) is 0 Å². The van der Waals surface area contributed by atoms with Crippen LogP contribution in [-0.4, -0.2) is 34.6 Å². The molecule has 118 valence electrons. The Hall–Kier alpha value is -1.62. The van der Waals surface area contributed by atoms with Crippen molar-refractivity contribution < 1.29 is 10.0 Å². The maximum Gasteiger partial charge on any atom is 0.310 e. The predicted octanol–water partition coefficient (Wildman–Crippen LogP) is 2.99. The summed E-state index contributed by atoms with van der Waals surface area (Å²) in [4.78, 5) is 13.1. The second kappa shape index (κ2) is 4.69. The number of rotatable bonds is 1. The number of hydrogen-bond donors (Lipinski definition) is 1. The van der Waals surface area contributed by atoms with E-state index in [0.29, 0.717) is 12.0 Å². The number of nitro benzene ring substituents is 1. The predicted molar refractivity (Wildman–Crippen MR) is 83.1 cm³/mol. The number of piperidine rings is 1. The summed E-state index contributed by atoms with van der Waals surface area (Å²) >= 11 is 0. The fourth-order valence-electron chi connectivity index (χ4n) is 5.38. The highest BCUT2D eigenvalue weighted by Crippen LogP contribution is 2.56. The summed E-state index contributed by atoms with van der Waals surface area (Å²) in [5.74, 6) is 0.466. The van der Waals surface area contributed by atoms with Crippen LogP contribution >= 0.6 is 0 Å². The molecule has 0 spiro atoms. The highest BCUT2D eigenvalue weighted by Gasteiger charge is 2.53. The standard InChI is InChI=1S/C17H22N2O3/c1-18-7-6-17-5-3-2-4-12(17)14(18)8-11-9-15(19(21)22)16(20)10-13(11)17/h9-10,12,14,20H,2-8H2,1H3/t12-,14+,17+/m0/s1. The number of nitrogens with zero attached hydrogens (tertiary/aromatic N) is 2. The van der Waals surface area contributed by atoms with Crippen LogP contribution in [-0.2, 0) is 11.8 Å². The fraction of sp³-hybridized carbons (Fsp3) is 0.647. The van der Waals surface area contributed by atoms with Gasteiger partial charge in [-0.2, -0.15) is 0 Å². The lowest BCUT2D eigenvalue weighted by atomic mass is 9.52. The average Bonchev–Trinajstić information content (AvgIpc) is 2.51. The summed E-state index contributed by atoms with van der Waals surface area (Å²) < 4.78 is 0. The Morgan fingerprint density at radius 3 is 2.95 bits per heavy atom. The maximum absolute atomic E-state index is 11.1. The van der Waals surface area contributed by atoms with Crippen molar-refractivity contribution in [3.63, 3.8) is 0 Å². The maximum atomic E-state index is 11.1. The summed E-state index contributed by atoms with van der Waals surface area (Å²) in [7, 11) is 2.18. The van der Waals surface area contributed by atoms with E-state index >= 15 is 0 Å². The van der Waals surface area contributed by atoms with E-state index in [0.717, 1.165) is 31.4 Å². The number of nitro groups is 1. The molecule has 2 fully saturated rings. The van der Waals surface area contributed by atoms with Gasteiger partial charge in [0.15, 0.2) is 5.75 Å². The molecule has 1 heterocycles. The van der Waals surface area contributed by atoms with Gasteiger partial charge in [0.25, 0.3) is 0 Å². The molecule has 1 saturated heterocycles. The summed E-state index contributed by atoms with van der Waals surface area (Å²) in [6, 6.07) is 3.84. The minimum atomic E-state index is -0.472. The van der Waals surface area contributed by atoms with Crippen molar-refractivity contribution >= 4 is 5.69 Å². The lowest BCUT2D eigenvalue weighted by Gasteiger charge is -2.58. The normalized spacial score (nSPS) is 33.9. The molecular formula is C17H22N2O3. The van der Waals surface area contributed by atoms with Crippen LogP contribution in [0.25, 0.3) is 0 Å². The first-order valence-electron chi connectivity index (χ1n) is 8.24. The molecule has 3 aliphatic rings. The Balaban J connectivity index is 1.91. The van der Waals surface area contributed by atoms with Gasteiger partial charge in [0, 0.05) is 17.5 Å². The minimum absolute atomic E-state index is 0.135. The van der Waals surface area contributed by atoms with E-state index in [4.69, 9.17) is 0 Å². The Morgan fingerprint density at radius 1 is 1.36 bits per heavy atom. The van der Waals surface area contributed by atoms with Crippen LogP contribution in [0, 0.1) is 16.0 Å². The van der Waals surface area contributed by atoms with Gasteiger partial charge in [-0.25, -0.2) is 0 Å². The molecule has 0 amide bonds. The van der Waals surface area contributed by atoms with E-state index in [1.54, 1.807) is 12.1 Å². The molecule has 1 aromatic rings. The van der Waals surface area contributed by atoms with Gasteiger partial charge >= 0.3 is 5.69 Å². The largest absolute Gasteiger partial charge is 0.502 e. The zero-order valence-corrected chi connectivity index (χ0v) is 12.9. The van der Waals surface area contributed by atoms with Crippen LogP contribution in [0.2, 0.25) is 0 Å². The van der Waals surface area contributed by atoms with Crippen LogP contribution in [0.1, 0.15) is 43.2 Å².